The van der Waals surface area contributed by atoms with Gasteiger partial charge in [0, 0.05) is 6.42 Å². The third-order valence-corrected chi connectivity index (χ3v) is 4.23. The van der Waals surface area contributed by atoms with E-state index in [0.717, 1.165) is 28.0 Å². The average Bonchev–Trinajstić information content (AvgIpc) is 2.58. The first-order valence-corrected chi connectivity index (χ1v) is 8.18. The Labute approximate surface area is 143 Å². The first-order valence-electron chi connectivity index (χ1n) is 8.18. The van der Waals surface area contributed by atoms with Gasteiger partial charge >= 0.3 is 0 Å². The van der Waals surface area contributed by atoms with Crippen LogP contribution in [0.1, 0.15) is 54.5 Å². The summed E-state index contributed by atoms with van der Waals surface area (Å²) in [4.78, 5) is 11.3. The molecule has 0 aliphatic heterocycles. The van der Waals surface area contributed by atoms with E-state index >= 15 is 0 Å². The predicted octanol–water partition coefficient (Wildman–Crippen LogP) is 4.44. The Bertz CT molecular complexity index is 674. The summed E-state index contributed by atoms with van der Waals surface area (Å²) in [6, 6.07) is 14.2. The Kier molecular flexibility index (Phi) is 5.99. The largest absolute Gasteiger partial charge is 0.485 e. The molecule has 1 amide bonds. The first-order chi connectivity index (χ1) is 11.4. The molecule has 4 heteroatoms. The van der Waals surface area contributed by atoms with E-state index in [9.17, 15) is 4.79 Å². The van der Waals surface area contributed by atoms with Gasteiger partial charge in [-0.2, -0.15) is 0 Å². The summed E-state index contributed by atoms with van der Waals surface area (Å²) in [6.45, 7) is 8.04. The normalized spacial score (nSPS) is 13.2. The Hall–Kier alpha value is -2.33. The summed E-state index contributed by atoms with van der Waals surface area (Å²) >= 11 is 0. The monoisotopic (exact) mass is 327 g/mol. The van der Waals surface area contributed by atoms with Crippen LogP contribution in [0.15, 0.2) is 42.5 Å². The van der Waals surface area contributed by atoms with Gasteiger partial charge in [0.05, 0.1) is 0 Å². The van der Waals surface area contributed by atoms with Gasteiger partial charge in [-0.15, -0.1) is 0 Å². The van der Waals surface area contributed by atoms with Crippen LogP contribution in [-0.2, 0) is 4.79 Å². The summed E-state index contributed by atoms with van der Waals surface area (Å²) in [5.41, 5.74) is 5.97. The van der Waals surface area contributed by atoms with Crippen LogP contribution in [-0.4, -0.2) is 11.1 Å². The fourth-order valence-electron chi connectivity index (χ4n) is 2.86. The molecule has 24 heavy (non-hydrogen) atoms. The number of carbonyl (C=O) groups excluding carboxylic acids is 1. The zero-order valence-corrected chi connectivity index (χ0v) is 14.7. The van der Waals surface area contributed by atoms with E-state index in [1.54, 1.807) is 5.48 Å². The number of hydrogen-bond donors (Lipinski definition) is 2. The molecule has 2 aromatic carbocycles. The number of rotatable bonds is 6. The fraction of sp³-hybridized carbons (Fsp3) is 0.350. The number of hydrogen-bond acceptors (Lipinski definition) is 3. The van der Waals surface area contributed by atoms with Crippen LogP contribution in [0.2, 0.25) is 0 Å². The highest BCUT2D eigenvalue weighted by molar-refractivity contribution is 5.75. The van der Waals surface area contributed by atoms with Gasteiger partial charge in [0.2, 0.25) is 5.91 Å². The van der Waals surface area contributed by atoms with E-state index in [2.05, 4.69) is 24.3 Å². The van der Waals surface area contributed by atoms with Gasteiger partial charge in [-0.3, -0.25) is 10.0 Å². The van der Waals surface area contributed by atoms with Gasteiger partial charge < -0.3 is 4.74 Å². The van der Waals surface area contributed by atoms with Crippen LogP contribution < -0.4 is 10.2 Å². The molecule has 0 saturated carbocycles. The fourth-order valence-corrected chi connectivity index (χ4v) is 2.86. The molecule has 2 atom stereocenters. The molecule has 0 heterocycles. The zero-order chi connectivity index (χ0) is 17.7. The summed E-state index contributed by atoms with van der Waals surface area (Å²) in [5, 5.41) is 8.67. The van der Waals surface area contributed by atoms with Crippen LogP contribution in [0.4, 0.5) is 0 Å². The van der Waals surface area contributed by atoms with Crippen molar-refractivity contribution >= 4 is 5.91 Å². The van der Waals surface area contributed by atoms with Gasteiger partial charge in [0.25, 0.3) is 0 Å². The lowest BCUT2D eigenvalue weighted by Crippen LogP contribution is -2.20. The highest BCUT2D eigenvalue weighted by Crippen LogP contribution is 2.32. The third-order valence-electron chi connectivity index (χ3n) is 4.23. The minimum atomic E-state index is -0.379. The van der Waals surface area contributed by atoms with E-state index in [1.807, 2.05) is 45.9 Å². The Morgan fingerprint density at radius 2 is 1.67 bits per heavy atom. The molecule has 0 spiro atoms. The topological polar surface area (TPSA) is 58.6 Å². The maximum absolute atomic E-state index is 11.3. The first kappa shape index (κ1) is 18.0. The lowest BCUT2D eigenvalue weighted by atomic mass is 9.93. The molecule has 0 saturated heterocycles. The van der Waals surface area contributed by atoms with Gasteiger partial charge in [0.1, 0.15) is 11.9 Å². The van der Waals surface area contributed by atoms with Crippen molar-refractivity contribution in [3.05, 3.63) is 64.7 Å². The van der Waals surface area contributed by atoms with Crippen LogP contribution >= 0.6 is 0 Å². The number of hydroxylamine groups is 1. The number of nitrogens with one attached hydrogen (secondary N) is 1. The molecule has 0 radical (unpaired) electrons. The zero-order valence-electron chi connectivity index (χ0n) is 14.7. The second kappa shape index (κ2) is 7.97. The maximum atomic E-state index is 11.3. The van der Waals surface area contributed by atoms with Crippen molar-refractivity contribution in [1.82, 2.24) is 5.48 Å². The number of ether oxygens (including phenoxy) is 1. The molecule has 2 unspecified atom stereocenters. The minimum absolute atomic E-state index is 0.0233. The van der Waals surface area contributed by atoms with Crippen LogP contribution in [0.25, 0.3) is 0 Å². The molecule has 2 aromatic rings. The quantitative estimate of drug-likeness (QED) is 0.609. The number of benzene rings is 2. The van der Waals surface area contributed by atoms with Gasteiger partial charge in [-0.05, 0) is 48.9 Å². The predicted molar refractivity (Wildman–Crippen MR) is 94.4 cm³/mol. The molecule has 0 bridgehead atoms. The molecule has 0 aromatic heterocycles. The Morgan fingerprint density at radius 1 is 1.08 bits per heavy atom. The smallest absolute Gasteiger partial charge is 0.243 e. The lowest BCUT2D eigenvalue weighted by Gasteiger charge is -2.21. The molecule has 2 rings (SSSR count). The highest BCUT2D eigenvalue weighted by Gasteiger charge is 2.16. The Morgan fingerprint density at radius 3 is 2.21 bits per heavy atom. The summed E-state index contributed by atoms with van der Waals surface area (Å²) in [5.74, 6) is 0.528. The van der Waals surface area contributed by atoms with Crippen molar-refractivity contribution < 1.29 is 14.7 Å². The van der Waals surface area contributed by atoms with E-state index in [-0.39, 0.29) is 24.3 Å². The van der Waals surface area contributed by atoms with Crippen LogP contribution in [0, 0.1) is 13.8 Å². The van der Waals surface area contributed by atoms with Crippen molar-refractivity contribution in [1.29, 1.82) is 0 Å². The van der Waals surface area contributed by atoms with Crippen molar-refractivity contribution in [3.63, 3.8) is 0 Å². The van der Waals surface area contributed by atoms with E-state index in [1.165, 1.54) is 0 Å². The molecule has 2 N–H and O–H groups in total. The lowest BCUT2D eigenvalue weighted by molar-refractivity contribution is -0.129. The number of aryl methyl sites for hydroxylation is 2. The van der Waals surface area contributed by atoms with E-state index in [4.69, 9.17) is 9.94 Å². The van der Waals surface area contributed by atoms with Crippen molar-refractivity contribution in [2.24, 2.45) is 0 Å². The third kappa shape index (κ3) is 4.36. The minimum Gasteiger partial charge on any atom is -0.485 e. The molecular formula is C20H25NO3. The van der Waals surface area contributed by atoms with Crippen molar-refractivity contribution in [2.45, 2.75) is 46.1 Å². The van der Waals surface area contributed by atoms with Gasteiger partial charge in [0.15, 0.2) is 0 Å². The SMILES string of the molecule is Cc1cc(C(C)CC(=O)NO)cc(C)c1OC(C)c1ccccc1. The van der Waals surface area contributed by atoms with Gasteiger partial charge in [-0.25, -0.2) is 5.48 Å². The van der Waals surface area contributed by atoms with E-state index in [0.29, 0.717) is 0 Å². The second-order valence-electron chi connectivity index (χ2n) is 6.29. The van der Waals surface area contributed by atoms with Crippen molar-refractivity contribution in [2.75, 3.05) is 0 Å². The molecule has 0 fully saturated rings. The Balaban J connectivity index is 2.19. The second-order valence-corrected chi connectivity index (χ2v) is 6.29. The maximum Gasteiger partial charge on any atom is 0.243 e. The molecule has 0 aliphatic rings. The number of carbonyl (C=O) groups is 1. The standard InChI is InChI=1S/C20H25NO3/c1-13(12-19(22)21-23)18-10-14(2)20(15(3)11-18)24-16(4)17-8-6-5-7-9-17/h5-11,13,16,23H,12H2,1-4H3,(H,21,22). The molecular weight excluding hydrogens is 302 g/mol. The van der Waals surface area contributed by atoms with Gasteiger partial charge in [-0.1, -0.05) is 49.4 Å². The summed E-state index contributed by atoms with van der Waals surface area (Å²) in [7, 11) is 0. The molecule has 0 aliphatic carbocycles. The summed E-state index contributed by atoms with van der Waals surface area (Å²) in [6.07, 6.45) is 0.211. The number of amides is 1. The van der Waals surface area contributed by atoms with E-state index < -0.39 is 0 Å². The molecule has 4 nitrogen and oxygen atoms in total. The highest BCUT2D eigenvalue weighted by atomic mass is 16.5. The molecule has 128 valence electrons. The summed E-state index contributed by atoms with van der Waals surface area (Å²) < 4.78 is 6.18. The average molecular weight is 327 g/mol. The van der Waals surface area contributed by atoms with Crippen LogP contribution in [0.3, 0.4) is 0 Å². The van der Waals surface area contributed by atoms with Crippen molar-refractivity contribution in [3.8, 4) is 5.75 Å². The van der Waals surface area contributed by atoms with Crippen LogP contribution in [0.5, 0.6) is 5.75 Å².